The van der Waals surface area contributed by atoms with E-state index in [4.69, 9.17) is 9.53 Å². The van der Waals surface area contributed by atoms with E-state index in [1.807, 2.05) is 12.1 Å². The first kappa shape index (κ1) is 22.3. The van der Waals surface area contributed by atoms with Gasteiger partial charge in [0, 0.05) is 12.8 Å². The number of benzene rings is 6. The average molecular weight is 487 g/mol. The molecule has 0 bridgehead atoms. The number of carboxylic acids is 1. The summed E-state index contributed by atoms with van der Waals surface area (Å²) in [6.07, 6.45) is 0.365. The van der Waals surface area contributed by atoms with Crippen molar-refractivity contribution in [2.75, 3.05) is 0 Å². The van der Waals surface area contributed by atoms with E-state index in [1.165, 1.54) is 43.1 Å². The van der Waals surface area contributed by atoms with Gasteiger partial charge in [-0.3, -0.25) is 9.59 Å². The molecule has 5 heteroatoms. The van der Waals surface area contributed by atoms with Gasteiger partial charge in [-0.15, -0.1) is 0 Å². The molecule has 1 N–H and O–H groups in total. The SMILES string of the molecule is O=C(O)CCCC(=O)O[Si]c1cccc2cc3ccc4cc5cc6ccccc6cc5cc4c3cc12. The van der Waals surface area contributed by atoms with E-state index in [0.29, 0.717) is 0 Å². The lowest BCUT2D eigenvalue weighted by Gasteiger charge is -2.11. The Kier molecular flexibility index (Phi) is 5.62. The zero-order valence-corrected chi connectivity index (χ0v) is 20.5. The summed E-state index contributed by atoms with van der Waals surface area (Å²) in [5, 5.41) is 21.5. The van der Waals surface area contributed by atoms with Gasteiger partial charge in [0.25, 0.3) is 5.97 Å². The summed E-state index contributed by atoms with van der Waals surface area (Å²) in [5.41, 5.74) is 0. The Morgan fingerprint density at radius 3 is 1.92 bits per heavy atom. The van der Waals surface area contributed by atoms with Crippen molar-refractivity contribution in [3.63, 3.8) is 0 Å². The molecule has 0 spiro atoms. The van der Waals surface area contributed by atoms with E-state index in [-0.39, 0.29) is 35.0 Å². The Labute approximate surface area is 210 Å². The third-order valence-electron chi connectivity index (χ3n) is 6.70. The van der Waals surface area contributed by atoms with Crippen molar-refractivity contribution in [2.24, 2.45) is 0 Å². The van der Waals surface area contributed by atoms with Crippen molar-refractivity contribution in [3.05, 3.63) is 91.0 Å². The fourth-order valence-electron chi connectivity index (χ4n) is 4.91. The highest BCUT2D eigenvalue weighted by molar-refractivity contribution is 6.53. The summed E-state index contributed by atoms with van der Waals surface area (Å²) in [6, 6.07) is 32.3. The van der Waals surface area contributed by atoms with Gasteiger partial charge in [-0.2, -0.15) is 0 Å². The molecule has 0 fully saturated rings. The molecule has 0 aliphatic carbocycles. The lowest BCUT2D eigenvalue weighted by Crippen LogP contribution is -2.22. The number of fused-ring (bicyclic) bond motifs is 6. The third kappa shape index (κ3) is 4.18. The first-order chi connectivity index (χ1) is 17.5. The molecule has 0 amide bonds. The summed E-state index contributed by atoms with van der Waals surface area (Å²) in [4.78, 5) is 22.8. The largest absolute Gasteiger partial charge is 0.511 e. The summed E-state index contributed by atoms with van der Waals surface area (Å²) >= 11 is 0. The summed E-state index contributed by atoms with van der Waals surface area (Å²) < 4.78 is 5.51. The second-order valence-electron chi connectivity index (χ2n) is 9.11. The summed E-state index contributed by atoms with van der Waals surface area (Å²) in [7, 11) is -0.131. The molecule has 6 aromatic carbocycles. The zero-order chi connectivity index (χ0) is 24.6. The molecule has 0 aromatic heterocycles. The molecule has 6 aromatic rings. The molecule has 0 unspecified atom stereocenters. The highest BCUT2D eigenvalue weighted by atomic mass is 28.2. The van der Waals surface area contributed by atoms with Crippen LogP contribution in [0.2, 0.25) is 0 Å². The van der Waals surface area contributed by atoms with Crippen LogP contribution < -0.4 is 5.19 Å². The van der Waals surface area contributed by atoms with Gasteiger partial charge in [-0.25, -0.2) is 0 Å². The fraction of sp³-hybridized carbons (Fsp3) is 0.0968. The van der Waals surface area contributed by atoms with Crippen molar-refractivity contribution >= 4 is 80.8 Å². The standard InChI is InChI=1S/C31H22O4Si/c32-30(33)9-4-10-31(34)35-36-29-8-3-7-21-15-22-11-12-23-16-24-13-19-5-1-2-6-20(19)14-25(24)17-26(23)27(22)18-28(21)29/h1-3,5-8,11-18H,4,9-10H2,(H,32,33). The Balaban J connectivity index is 1.42. The van der Waals surface area contributed by atoms with Crippen LogP contribution >= 0.6 is 0 Å². The van der Waals surface area contributed by atoms with Crippen LogP contribution in [0.1, 0.15) is 19.3 Å². The average Bonchev–Trinajstić information content (AvgIpc) is 2.88. The smallest absolute Gasteiger partial charge is 0.355 e. The van der Waals surface area contributed by atoms with Crippen LogP contribution in [0.15, 0.2) is 91.0 Å². The molecule has 4 nitrogen and oxygen atoms in total. The molecular formula is C31H22O4Si. The van der Waals surface area contributed by atoms with E-state index in [1.54, 1.807) is 0 Å². The number of aliphatic carboxylic acids is 1. The van der Waals surface area contributed by atoms with E-state index in [2.05, 4.69) is 78.9 Å². The number of hydrogen-bond donors (Lipinski definition) is 1. The van der Waals surface area contributed by atoms with E-state index in [0.717, 1.165) is 16.0 Å². The van der Waals surface area contributed by atoms with Crippen molar-refractivity contribution in [1.82, 2.24) is 0 Å². The van der Waals surface area contributed by atoms with Crippen LogP contribution in [0.4, 0.5) is 0 Å². The van der Waals surface area contributed by atoms with Crippen molar-refractivity contribution < 1.29 is 19.1 Å². The molecule has 36 heavy (non-hydrogen) atoms. The maximum absolute atomic E-state index is 12.1. The van der Waals surface area contributed by atoms with Gasteiger partial charge in [-0.05, 0) is 102 Å². The van der Waals surface area contributed by atoms with Crippen LogP contribution in [0, 0.1) is 0 Å². The lowest BCUT2D eigenvalue weighted by atomic mass is 9.95. The molecular weight excluding hydrogens is 464 g/mol. The number of rotatable bonds is 6. The van der Waals surface area contributed by atoms with Gasteiger partial charge < -0.3 is 9.53 Å². The van der Waals surface area contributed by atoms with E-state index >= 15 is 0 Å². The Bertz CT molecular complexity index is 1820. The van der Waals surface area contributed by atoms with Gasteiger partial charge >= 0.3 is 15.7 Å². The molecule has 0 aliphatic heterocycles. The summed E-state index contributed by atoms with van der Waals surface area (Å²) in [6.45, 7) is 0. The maximum Gasteiger partial charge on any atom is 0.355 e. The van der Waals surface area contributed by atoms with Crippen LogP contribution in [0.25, 0.3) is 53.9 Å². The fourth-order valence-corrected chi connectivity index (χ4v) is 5.73. The van der Waals surface area contributed by atoms with E-state index < -0.39 is 5.97 Å². The lowest BCUT2D eigenvalue weighted by molar-refractivity contribution is -0.137. The van der Waals surface area contributed by atoms with Crippen LogP contribution in [0.3, 0.4) is 0 Å². The zero-order valence-electron chi connectivity index (χ0n) is 19.5. The minimum absolute atomic E-state index is 0.0317. The first-order valence-corrected chi connectivity index (χ1v) is 12.9. The molecule has 174 valence electrons. The Morgan fingerprint density at radius 1 is 0.611 bits per heavy atom. The van der Waals surface area contributed by atoms with Crippen molar-refractivity contribution in [2.45, 2.75) is 19.3 Å². The van der Waals surface area contributed by atoms with Gasteiger partial charge in [0.2, 0.25) is 0 Å². The van der Waals surface area contributed by atoms with Crippen LogP contribution in [0.5, 0.6) is 0 Å². The summed E-state index contributed by atoms with van der Waals surface area (Å²) in [5.74, 6) is -1.27. The highest BCUT2D eigenvalue weighted by Crippen LogP contribution is 2.33. The first-order valence-electron chi connectivity index (χ1n) is 11.9. The number of carbonyl (C=O) groups excluding carboxylic acids is 1. The minimum atomic E-state index is -0.903. The van der Waals surface area contributed by atoms with Gasteiger partial charge in [0.05, 0.1) is 0 Å². The number of carbonyl (C=O) groups is 2. The highest BCUT2D eigenvalue weighted by Gasteiger charge is 2.12. The molecule has 6 rings (SSSR count). The van der Waals surface area contributed by atoms with Crippen LogP contribution in [-0.4, -0.2) is 26.8 Å². The molecule has 0 heterocycles. The number of carboxylic acid groups (broad SMARTS) is 1. The molecule has 0 saturated heterocycles. The monoisotopic (exact) mass is 486 g/mol. The number of hydrogen-bond acceptors (Lipinski definition) is 3. The van der Waals surface area contributed by atoms with Crippen molar-refractivity contribution in [3.8, 4) is 0 Å². The van der Waals surface area contributed by atoms with Gasteiger partial charge in [-0.1, -0.05) is 54.6 Å². The minimum Gasteiger partial charge on any atom is -0.511 e. The Hall–Kier alpha value is -4.22. The quantitative estimate of drug-likeness (QED) is 0.166. The Morgan fingerprint density at radius 2 is 1.19 bits per heavy atom. The predicted molar refractivity (Wildman–Crippen MR) is 147 cm³/mol. The van der Waals surface area contributed by atoms with Crippen LogP contribution in [-0.2, 0) is 14.0 Å². The maximum atomic E-state index is 12.1. The van der Waals surface area contributed by atoms with Gasteiger partial charge in [0.15, 0.2) is 0 Å². The normalized spacial score (nSPS) is 11.6. The molecule has 0 aliphatic rings. The topological polar surface area (TPSA) is 63.6 Å². The third-order valence-corrected chi connectivity index (χ3v) is 7.69. The van der Waals surface area contributed by atoms with Gasteiger partial charge in [0.1, 0.15) is 0 Å². The van der Waals surface area contributed by atoms with E-state index in [9.17, 15) is 9.59 Å². The molecule has 0 saturated carbocycles. The molecule has 0 atom stereocenters. The van der Waals surface area contributed by atoms with Crippen molar-refractivity contribution in [1.29, 1.82) is 0 Å². The second-order valence-corrected chi connectivity index (χ2v) is 10.1. The molecule has 2 radical (unpaired) electrons. The predicted octanol–water partition coefficient (Wildman–Crippen LogP) is 6.50. The second kappa shape index (κ2) is 9.09.